The van der Waals surface area contributed by atoms with Gasteiger partial charge in [0.15, 0.2) is 0 Å². The molecule has 4 heteroatoms. The molecule has 0 heterocycles. The van der Waals surface area contributed by atoms with E-state index in [1.54, 1.807) is 12.1 Å². The average Bonchev–Trinajstić information content (AvgIpc) is 2.61. The molecule has 0 spiro atoms. The lowest BCUT2D eigenvalue weighted by Gasteiger charge is -2.08. The summed E-state index contributed by atoms with van der Waals surface area (Å²) in [5, 5.41) is 0. The van der Waals surface area contributed by atoms with Crippen LogP contribution in [0.3, 0.4) is 0 Å². The largest absolute Gasteiger partial charge is 0.494 e. The van der Waals surface area contributed by atoms with Gasteiger partial charge in [0, 0.05) is 19.6 Å². The molecule has 0 atom stereocenters. The molecule has 0 aliphatic heterocycles. The summed E-state index contributed by atoms with van der Waals surface area (Å²) in [5.41, 5.74) is 0.556. The van der Waals surface area contributed by atoms with E-state index in [-0.39, 0.29) is 5.97 Å². The number of carbonyl (C=O) groups excluding carboxylic acids is 1. The van der Waals surface area contributed by atoms with Crippen molar-refractivity contribution in [2.45, 2.75) is 58.8 Å². The van der Waals surface area contributed by atoms with Gasteiger partial charge in [-0.25, -0.2) is 4.79 Å². The average molecular weight is 336 g/mol. The maximum Gasteiger partial charge on any atom is 0.338 e. The van der Waals surface area contributed by atoms with Crippen LogP contribution in [-0.2, 0) is 9.47 Å². The third kappa shape index (κ3) is 9.56. The van der Waals surface area contributed by atoms with E-state index >= 15 is 0 Å². The standard InChI is InChI=1S/C20H32O4/c1-3-5-7-8-16-23-19-12-10-18(11-13-19)20(21)24-17-9-15-22-14-6-4-2/h10-13H,3-9,14-17H2,1-2H3. The maximum atomic E-state index is 11.9. The second-order valence-corrected chi connectivity index (χ2v) is 5.89. The molecule has 136 valence electrons. The van der Waals surface area contributed by atoms with E-state index in [0.717, 1.165) is 44.6 Å². The maximum absolute atomic E-state index is 11.9. The van der Waals surface area contributed by atoms with Crippen molar-refractivity contribution in [3.8, 4) is 5.75 Å². The van der Waals surface area contributed by atoms with E-state index in [0.29, 0.717) is 18.8 Å². The van der Waals surface area contributed by atoms with Crippen molar-refractivity contribution in [3.63, 3.8) is 0 Å². The van der Waals surface area contributed by atoms with Gasteiger partial charge >= 0.3 is 5.97 Å². The Labute approximate surface area is 146 Å². The normalized spacial score (nSPS) is 10.6. The van der Waals surface area contributed by atoms with E-state index in [4.69, 9.17) is 14.2 Å². The zero-order chi connectivity index (χ0) is 17.5. The molecule has 0 aliphatic carbocycles. The lowest BCUT2D eigenvalue weighted by Crippen LogP contribution is -2.08. The number of rotatable bonds is 14. The first kappa shape index (κ1) is 20.5. The predicted molar refractivity (Wildman–Crippen MR) is 96.7 cm³/mol. The quantitative estimate of drug-likeness (QED) is 0.354. The van der Waals surface area contributed by atoms with E-state index in [9.17, 15) is 4.79 Å². The molecule has 1 rings (SSSR count). The molecule has 0 amide bonds. The third-order valence-corrected chi connectivity index (χ3v) is 3.67. The molecule has 0 aromatic heterocycles. The molecule has 0 saturated heterocycles. The van der Waals surface area contributed by atoms with Crippen LogP contribution in [0.1, 0.15) is 69.2 Å². The topological polar surface area (TPSA) is 44.8 Å². The van der Waals surface area contributed by atoms with E-state index in [2.05, 4.69) is 13.8 Å². The number of benzene rings is 1. The summed E-state index contributed by atoms with van der Waals surface area (Å²) in [6, 6.07) is 7.15. The fourth-order valence-electron chi connectivity index (χ4n) is 2.16. The highest BCUT2D eigenvalue weighted by molar-refractivity contribution is 5.89. The Morgan fingerprint density at radius 2 is 1.50 bits per heavy atom. The van der Waals surface area contributed by atoms with Crippen LogP contribution in [0.25, 0.3) is 0 Å². The van der Waals surface area contributed by atoms with Gasteiger partial charge in [0.2, 0.25) is 0 Å². The summed E-state index contributed by atoms with van der Waals surface area (Å²) in [6.07, 6.45) is 7.68. The molecule has 4 nitrogen and oxygen atoms in total. The van der Waals surface area contributed by atoms with Crippen LogP contribution in [0.4, 0.5) is 0 Å². The zero-order valence-electron chi connectivity index (χ0n) is 15.2. The van der Waals surface area contributed by atoms with Gasteiger partial charge in [-0.05, 0) is 37.1 Å². The Kier molecular flexibility index (Phi) is 11.8. The summed E-state index contributed by atoms with van der Waals surface area (Å²) in [6.45, 7) is 6.86. The Morgan fingerprint density at radius 1 is 0.792 bits per heavy atom. The number of ether oxygens (including phenoxy) is 3. The van der Waals surface area contributed by atoms with Gasteiger partial charge in [-0.15, -0.1) is 0 Å². The van der Waals surface area contributed by atoms with Crippen molar-refractivity contribution >= 4 is 5.97 Å². The minimum Gasteiger partial charge on any atom is -0.494 e. The minimum atomic E-state index is -0.293. The fourth-order valence-corrected chi connectivity index (χ4v) is 2.16. The summed E-state index contributed by atoms with van der Waals surface area (Å²) in [4.78, 5) is 11.9. The van der Waals surface area contributed by atoms with Gasteiger partial charge in [0.25, 0.3) is 0 Å². The van der Waals surface area contributed by atoms with Gasteiger partial charge in [0.1, 0.15) is 5.75 Å². The molecule has 1 aromatic carbocycles. The molecule has 0 aliphatic rings. The predicted octanol–water partition coefficient (Wildman–Crippen LogP) is 5.01. The monoisotopic (exact) mass is 336 g/mol. The van der Waals surface area contributed by atoms with Crippen molar-refractivity contribution in [2.75, 3.05) is 26.4 Å². The molecular formula is C20H32O4. The number of esters is 1. The number of hydrogen-bond acceptors (Lipinski definition) is 4. The molecule has 0 bridgehead atoms. The van der Waals surface area contributed by atoms with Crippen LogP contribution in [0.2, 0.25) is 0 Å². The molecular weight excluding hydrogens is 304 g/mol. The van der Waals surface area contributed by atoms with Gasteiger partial charge in [-0.3, -0.25) is 0 Å². The molecule has 0 unspecified atom stereocenters. The van der Waals surface area contributed by atoms with Crippen molar-refractivity contribution in [2.24, 2.45) is 0 Å². The van der Waals surface area contributed by atoms with Crippen LogP contribution in [-0.4, -0.2) is 32.4 Å². The Bertz CT molecular complexity index is 428. The minimum absolute atomic E-state index is 0.293. The van der Waals surface area contributed by atoms with E-state index in [1.807, 2.05) is 12.1 Å². The van der Waals surface area contributed by atoms with Gasteiger partial charge in [-0.2, -0.15) is 0 Å². The summed E-state index contributed by atoms with van der Waals surface area (Å²) >= 11 is 0. The lowest BCUT2D eigenvalue weighted by atomic mass is 10.2. The summed E-state index contributed by atoms with van der Waals surface area (Å²) in [7, 11) is 0. The van der Waals surface area contributed by atoms with Crippen LogP contribution < -0.4 is 4.74 Å². The van der Waals surface area contributed by atoms with Crippen molar-refractivity contribution in [3.05, 3.63) is 29.8 Å². The van der Waals surface area contributed by atoms with E-state index in [1.165, 1.54) is 19.3 Å². The van der Waals surface area contributed by atoms with Crippen molar-refractivity contribution < 1.29 is 19.0 Å². The van der Waals surface area contributed by atoms with E-state index < -0.39 is 0 Å². The van der Waals surface area contributed by atoms with Gasteiger partial charge < -0.3 is 14.2 Å². The highest BCUT2D eigenvalue weighted by Gasteiger charge is 2.07. The summed E-state index contributed by atoms with van der Waals surface area (Å²) < 4.78 is 16.3. The number of hydrogen-bond donors (Lipinski definition) is 0. The molecule has 1 aromatic rings. The first-order valence-corrected chi connectivity index (χ1v) is 9.25. The van der Waals surface area contributed by atoms with Crippen LogP contribution >= 0.6 is 0 Å². The molecule has 24 heavy (non-hydrogen) atoms. The van der Waals surface area contributed by atoms with Crippen LogP contribution in [0.15, 0.2) is 24.3 Å². The molecule has 0 fully saturated rings. The third-order valence-electron chi connectivity index (χ3n) is 3.67. The first-order chi connectivity index (χ1) is 11.8. The van der Waals surface area contributed by atoms with Gasteiger partial charge in [0.05, 0.1) is 18.8 Å². The first-order valence-electron chi connectivity index (χ1n) is 9.25. The number of carbonyl (C=O) groups is 1. The lowest BCUT2D eigenvalue weighted by molar-refractivity contribution is 0.0444. The fraction of sp³-hybridized carbons (Fsp3) is 0.650. The Hall–Kier alpha value is -1.55. The smallest absolute Gasteiger partial charge is 0.338 e. The van der Waals surface area contributed by atoms with Crippen molar-refractivity contribution in [1.82, 2.24) is 0 Å². The Balaban J connectivity index is 2.16. The highest BCUT2D eigenvalue weighted by atomic mass is 16.5. The molecule has 0 N–H and O–H groups in total. The summed E-state index contributed by atoms with van der Waals surface area (Å²) in [5.74, 6) is 0.505. The SMILES string of the molecule is CCCCCCOc1ccc(C(=O)OCCCOCCCC)cc1. The second kappa shape index (κ2) is 13.8. The van der Waals surface area contributed by atoms with Crippen LogP contribution in [0, 0.1) is 0 Å². The van der Waals surface area contributed by atoms with Crippen LogP contribution in [0.5, 0.6) is 5.75 Å². The second-order valence-electron chi connectivity index (χ2n) is 5.89. The number of unbranched alkanes of at least 4 members (excludes halogenated alkanes) is 4. The van der Waals surface area contributed by atoms with Gasteiger partial charge in [-0.1, -0.05) is 39.5 Å². The molecule has 0 saturated carbocycles. The molecule has 0 radical (unpaired) electrons. The zero-order valence-corrected chi connectivity index (χ0v) is 15.2. The Morgan fingerprint density at radius 3 is 2.21 bits per heavy atom. The highest BCUT2D eigenvalue weighted by Crippen LogP contribution is 2.14. The van der Waals surface area contributed by atoms with Crippen molar-refractivity contribution in [1.29, 1.82) is 0 Å².